The van der Waals surface area contributed by atoms with E-state index in [0.29, 0.717) is 13.1 Å². The van der Waals surface area contributed by atoms with Crippen molar-refractivity contribution in [2.24, 2.45) is 5.92 Å². The molecule has 1 aliphatic heterocycles. The van der Waals surface area contributed by atoms with Gasteiger partial charge in [-0.15, -0.1) is 0 Å². The molecule has 0 unspecified atom stereocenters. The van der Waals surface area contributed by atoms with Crippen LogP contribution in [0.5, 0.6) is 0 Å². The second kappa shape index (κ2) is 10.5. The molecule has 0 saturated heterocycles. The molecule has 0 radical (unpaired) electrons. The van der Waals surface area contributed by atoms with Crippen LogP contribution in [0.3, 0.4) is 0 Å². The van der Waals surface area contributed by atoms with Crippen molar-refractivity contribution in [2.75, 3.05) is 6.54 Å². The molecule has 2 aromatic carbocycles. The first kappa shape index (κ1) is 22.8. The molecule has 2 amide bonds. The summed E-state index contributed by atoms with van der Waals surface area (Å²) >= 11 is 0. The number of aryl methyl sites for hydroxylation is 2. The Kier molecular flexibility index (Phi) is 7.23. The minimum atomic E-state index is -0.539. The van der Waals surface area contributed by atoms with Crippen molar-refractivity contribution >= 4 is 11.8 Å². The molecule has 1 aromatic heterocycles. The van der Waals surface area contributed by atoms with Gasteiger partial charge in [-0.1, -0.05) is 74.5 Å². The summed E-state index contributed by atoms with van der Waals surface area (Å²) in [5, 5.41) is 2.97. The first-order valence-corrected chi connectivity index (χ1v) is 11.7. The Bertz CT molecular complexity index is 1080. The number of nitrogens with zero attached hydrogens (tertiary/aromatic N) is 3. The molecule has 4 rings (SSSR count). The van der Waals surface area contributed by atoms with E-state index >= 15 is 0 Å². The van der Waals surface area contributed by atoms with Gasteiger partial charge >= 0.3 is 0 Å². The minimum absolute atomic E-state index is 0.00190. The van der Waals surface area contributed by atoms with Crippen molar-refractivity contribution in [3.05, 3.63) is 89.5 Å². The number of benzene rings is 2. The summed E-state index contributed by atoms with van der Waals surface area (Å²) in [4.78, 5) is 32.4. The number of fused-ring (bicyclic) bond motifs is 1. The molecule has 6 heteroatoms. The van der Waals surface area contributed by atoms with Crippen molar-refractivity contribution in [3.8, 4) is 0 Å². The second-order valence-corrected chi connectivity index (χ2v) is 9.03. The topological polar surface area (TPSA) is 67.2 Å². The molecule has 6 nitrogen and oxygen atoms in total. The Labute approximate surface area is 195 Å². The molecule has 1 aliphatic rings. The summed E-state index contributed by atoms with van der Waals surface area (Å²) in [6.45, 7) is 5.95. The Hall–Kier alpha value is -3.41. The molecule has 1 atom stereocenters. The first-order valence-electron chi connectivity index (χ1n) is 11.7. The Morgan fingerprint density at radius 3 is 2.33 bits per heavy atom. The molecule has 0 bridgehead atoms. The lowest BCUT2D eigenvalue weighted by Crippen LogP contribution is -2.52. The molecule has 33 heavy (non-hydrogen) atoms. The number of hydrogen-bond donors (Lipinski definition) is 1. The Balaban J connectivity index is 1.37. The minimum Gasteiger partial charge on any atom is -0.344 e. The van der Waals surface area contributed by atoms with Gasteiger partial charge in [0.15, 0.2) is 0 Å². The quantitative estimate of drug-likeness (QED) is 0.579. The van der Waals surface area contributed by atoms with Crippen LogP contribution < -0.4 is 5.32 Å². The number of amides is 2. The zero-order valence-corrected chi connectivity index (χ0v) is 19.4. The maximum absolute atomic E-state index is 13.3. The van der Waals surface area contributed by atoms with Crippen LogP contribution in [0.25, 0.3) is 0 Å². The van der Waals surface area contributed by atoms with Gasteiger partial charge in [-0.25, -0.2) is 4.98 Å². The number of imidazole rings is 1. The van der Waals surface area contributed by atoms with Gasteiger partial charge in [0, 0.05) is 25.2 Å². The highest BCUT2D eigenvalue weighted by molar-refractivity contribution is 5.88. The molecule has 2 heterocycles. The van der Waals surface area contributed by atoms with Crippen LogP contribution >= 0.6 is 0 Å². The van der Waals surface area contributed by atoms with Crippen LogP contribution in [0, 0.1) is 5.92 Å². The SMILES string of the molecule is CC(C)[C@H](NC(=O)Cc1ccccc1)C(=O)N1CCc2c(ncn2CCc2ccccc2)C1. The zero-order valence-electron chi connectivity index (χ0n) is 19.4. The van der Waals surface area contributed by atoms with Gasteiger partial charge in [0.25, 0.3) is 0 Å². The lowest BCUT2D eigenvalue weighted by molar-refractivity contribution is -0.138. The lowest BCUT2D eigenvalue weighted by atomic mass is 10.0. The van der Waals surface area contributed by atoms with Crippen LogP contribution in [-0.4, -0.2) is 38.9 Å². The highest BCUT2D eigenvalue weighted by atomic mass is 16.2. The first-order chi connectivity index (χ1) is 16.0. The van der Waals surface area contributed by atoms with Crippen LogP contribution in [0.15, 0.2) is 67.0 Å². The number of aromatic nitrogens is 2. The van der Waals surface area contributed by atoms with Crippen LogP contribution in [0.4, 0.5) is 0 Å². The van der Waals surface area contributed by atoms with E-state index in [9.17, 15) is 9.59 Å². The Morgan fingerprint density at radius 2 is 1.67 bits per heavy atom. The van der Waals surface area contributed by atoms with Gasteiger partial charge in [-0.3, -0.25) is 9.59 Å². The van der Waals surface area contributed by atoms with Crippen LogP contribution in [0.2, 0.25) is 0 Å². The van der Waals surface area contributed by atoms with E-state index in [1.165, 1.54) is 11.3 Å². The third-order valence-corrected chi connectivity index (χ3v) is 6.24. The fourth-order valence-corrected chi connectivity index (χ4v) is 4.36. The largest absolute Gasteiger partial charge is 0.344 e. The average molecular weight is 445 g/mol. The van der Waals surface area contributed by atoms with Gasteiger partial charge in [-0.05, 0) is 23.5 Å². The molecular weight excluding hydrogens is 412 g/mol. The molecule has 3 aromatic rings. The smallest absolute Gasteiger partial charge is 0.245 e. The van der Waals surface area contributed by atoms with E-state index in [4.69, 9.17) is 0 Å². The molecule has 1 N–H and O–H groups in total. The Morgan fingerprint density at radius 1 is 1.00 bits per heavy atom. The van der Waals surface area contributed by atoms with E-state index in [2.05, 4.69) is 39.1 Å². The molecule has 172 valence electrons. The predicted molar refractivity (Wildman–Crippen MR) is 128 cm³/mol. The highest BCUT2D eigenvalue weighted by Crippen LogP contribution is 2.20. The number of hydrogen-bond acceptors (Lipinski definition) is 3. The fourth-order valence-electron chi connectivity index (χ4n) is 4.36. The van der Waals surface area contributed by atoms with E-state index in [0.717, 1.165) is 30.6 Å². The second-order valence-electron chi connectivity index (χ2n) is 9.03. The zero-order chi connectivity index (χ0) is 23.2. The van der Waals surface area contributed by atoms with Gasteiger partial charge in [0.1, 0.15) is 6.04 Å². The summed E-state index contributed by atoms with van der Waals surface area (Å²) < 4.78 is 2.21. The van der Waals surface area contributed by atoms with Crippen molar-refractivity contribution in [1.82, 2.24) is 19.8 Å². The van der Waals surface area contributed by atoms with Gasteiger partial charge in [0.05, 0.1) is 25.0 Å². The molecule has 0 aliphatic carbocycles. The standard InChI is InChI=1S/C27H32N4O2/c1-20(2)26(29-25(32)17-22-11-7-4-8-12-22)27(33)30-16-14-24-23(18-30)28-19-31(24)15-13-21-9-5-3-6-10-21/h3-12,19-20,26H,13-18H2,1-2H3,(H,29,32)/t26-/m0/s1. The number of nitrogens with one attached hydrogen (secondary N) is 1. The van der Waals surface area contributed by atoms with Crippen molar-refractivity contribution in [2.45, 2.75) is 52.2 Å². The number of carbonyl (C=O) groups excluding carboxylic acids is 2. The van der Waals surface area contributed by atoms with Crippen molar-refractivity contribution in [1.29, 1.82) is 0 Å². The van der Waals surface area contributed by atoms with Gasteiger partial charge < -0.3 is 14.8 Å². The third kappa shape index (κ3) is 5.69. The third-order valence-electron chi connectivity index (χ3n) is 6.24. The average Bonchev–Trinajstić information content (AvgIpc) is 3.24. The monoisotopic (exact) mass is 444 g/mol. The molecule has 0 fully saturated rings. The molecule has 0 spiro atoms. The molecular formula is C27H32N4O2. The molecule has 0 saturated carbocycles. The number of carbonyl (C=O) groups is 2. The van der Waals surface area contributed by atoms with E-state index < -0.39 is 6.04 Å². The van der Waals surface area contributed by atoms with E-state index in [1.54, 1.807) is 0 Å². The normalized spacial score (nSPS) is 14.1. The van der Waals surface area contributed by atoms with Gasteiger partial charge in [-0.2, -0.15) is 0 Å². The fraction of sp³-hybridized carbons (Fsp3) is 0.370. The summed E-state index contributed by atoms with van der Waals surface area (Å²) in [6, 6.07) is 19.5. The summed E-state index contributed by atoms with van der Waals surface area (Å²) in [5.41, 5.74) is 4.41. The lowest BCUT2D eigenvalue weighted by Gasteiger charge is -2.32. The van der Waals surface area contributed by atoms with Crippen molar-refractivity contribution < 1.29 is 9.59 Å². The maximum Gasteiger partial charge on any atom is 0.245 e. The van der Waals surface area contributed by atoms with Crippen LogP contribution in [-0.2, 0) is 41.9 Å². The number of rotatable bonds is 8. The maximum atomic E-state index is 13.3. The summed E-state index contributed by atoms with van der Waals surface area (Å²) in [5.74, 6) is -0.158. The predicted octanol–water partition coefficient (Wildman–Crippen LogP) is 3.39. The van der Waals surface area contributed by atoms with E-state index in [-0.39, 0.29) is 24.2 Å². The van der Waals surface area contributed by atoms with Crippen LogP contribution in [0.1, 0.15) is 36.4 Å². The van der Waals surface area contributed by atoms with Gasteiger partial charge in [0.2, 0.25) is 11.8 Å². The highest BCUT2D eigenvalue weighted by Gasteiger charge is 2.32. The summed E-state index contributed by atoms with van der Waals surface area (Å²) in [6.07, 6.45) is 3.89. The van der Waals surface area contributed by atoms with E-state index in [1.807, 2.05) is 61.5 Å². The summed E-state index contributed by atoms with van der Waals surface area (Å²) in [7, 11) is 0. The van der Waals surface area contributed by atoms with Crippen molar-refractivity contribution in [3.63, 3.8) is 0 Å².